The summed E-state index contributed by atoms with van der Waals surface area (Å²) in [6.45, 7) is 2.05. The fraction of sp³-hybridized carbons (Fsp3) is 0.188. The third kappa shape index (κ3) is 4.10. The first-order valence-electron chi connectivity index (χ1n) is 6.38. The van der Waals surface area contributed by atoms with Gasteiger partial charge in [0.1, 0.15) is 5.82 Å². The van der Waals surface area contributed by atoms with Crippen LogP contribution in [0.4, 0.5) is 10.1 Å². The molecule has 0 unspecified atom stereocenters. The van der Waals surface area contributed by atoms with Crippen LogP contribution in [-0.2, 0) is 4.79 Å². The highest BCUT2D eigenvalue weighted by Crippen LogP contribution is 2.27. The van der Waals surface area contributed by atoms with Crippen LogP contribution in [0.25, 0.3) is 0 Å². The van der Waals surface area contributed by atoms with Crippen LogP contribution in [0.3, 0.4) is 0 Å². The standard InChI is InChI=1S/C16H16FNOS/c1-12(13-7-3-2-4-8-13)20-11-16(19)18-15-10-6-5-9-14(15)17/h2-10,12H,11H2,1H3,(H,18,19)/t12-/m1/s1. The molecule has 0 spiro atoms. The van der Waals surface area contributed by atoms with Gasteiger partial charge in [-0.05, 0) is 24.6 Å². The zero-order chi connectivity index (χ0) is 14.4. The number of nitrogens with one attached hydrogen (secondary N) is 1. The molecule has 0 bridgehead atoms. The molecule has 0 fully saturated rings. The lowest BCUT2D eigenvalue weighted by atomic mass is 10.2. The molecular formula is C16H16FNOS. The third-order valence-corrected chi connectivity index (χ3v) is 4.08. The highest BCUT2D eigenvalue weighted by atomic mass is 32.2. The summed E-state index contributed by atoms with van der Waals surface area (Å²) in [5, 5.41) is 2.81. The number of hydrogen-bond donors (Lipinski definition) is 1. The molecule has 2 aromatic rings. The maximum Gasteiger partial charge on any atom is 0.234 e. The summed E-state index contributed by atoms with van der Waals surface area (Å²) in [4.78, 5) is 11.8. The van der Waals surface area contributed by atoms with E-state index in [4.69, 9.17) is 0 Å². The second-order valence-corrected chi connectivity index (χ2v) is 5.72. The van der Waals surface area contributed by atoms with Gasteiger partial charge in [0.05, 0.1) is 11.4 Å². The van der Waals surface area contributed by atoms with Gasteiger partial charge in [0, 0.05) is 5.25 Å². The van der Waals surface area contributed by atoms with E-state index in [0.717, 1.165) is 0 Å². The highest BCUT2D eigenvalue weighted by molar-refractivity contribution is 8.00. The van der Waals surface area contributed by atoms with E-state index >= 15 is 0 Å². The summed E-state index contributed by atoms with van der Waals surface area (Å²) >= 11 is 1.53. The van der Waals surface area contributed by atoms with E-state index in [1.165, 1.54) is 23.4 Å². The van der Waals surface area contributed by atoms with Crippen LogP contribution in [0.1, 0.15) is 17.7 Å². The van der Waals surface area contributed by atoms with Crippen molar-refractivity contribution >= 4 is 23.4 Å². The van der Waals surface area contributed by atoms with Crippen LogP contribution in [0.5, 0.6) is 0 Å². The number of para-hydroxylation sites is 1. The first kappa shape index (κ1) is 14.6. The second-order valence-electron chi connectivity index (χ2n) is 4.39. The smallest absolute Gasteiger partial charge is 0.234 e. The number of thioether (sulfide) groups is 1. The second kappa shape index (κ2) is 7.10. The molecule has 0 aromatic heterocycles. The van der Waals surface area contributed by atoms with Gasteiger partial charge >= 0.3 is 0 Å². The van der Waals surface area contributed by atoms with Crippen molar-refractivity contribution in [3.63, 3.8) is 0 Å². The lowest BCUT2D eigenvalue weighted by Crippen LogP contribution is -2.15. The van der Waals surface area contributed by atoms with E-state index in [-0.39, 0.29) is 16.8 Å². The SMILES string of the molecule is C[C@@H](SCC(=O)Nc1ccccc1F)c1ccccc1. The molecule has 2 rings (SSSR count). The molecule has 104 valence electrons. The molecule has 0 radical (unpaired) electrons. The molecule has 0 aliphatic heterocycles. The molecule has 0 aliphatic rings. The fourth-order valence-corrected chi connectivity index (χ4v) is 2.59. The molecule has 20 heavy (non-hydrogen) atoms. The summed E-state index contributed by atoms with van der Waals surface area (Å²) in [5.74, 6) is -0.311. The lowest BCUT2D eigenvalue weighted by molar-refractivity contribution is -0.113. The van der Waals surface area contributed by atoms with Crippen LogP contribution in [0, 0.1) is 5.82 Å². The van der Waals surface area contributed by atoms with Crippen molar-refractivity contribution in [2.75, 3.05) is 11.1 Å². The molecule has 0 saturated carbocycles. The van der Waals surface area contributed by atoms with Crippen LogP contribution in [0.2, 0.25) is 0 Å². The Kier molecular flexibility index (Phi) is 5.18. The number of halogens is 1. The average Bonchev–Trinajstić information content (AvgIpc) is 2.48. The van der Waals surface area contributed by atoms with Gasteiger partial charge in [0.25, 0.3) is 0 Å². The Bertz CT molecular complexity index is 574. The fourth-order valence-electron chi connectivity index (χ4n) is 1.77. The Morgan fingerprint density at radius 1 is 1.15 bits per heavy atom. The molecule has 0 saturated heterocycles. The lowest BCUT2D eigenvalue weighted by Gasteiger charge is -2.11. The molecule has 4 heteroatoms. The van der Waals surface area contributed by atoms with Gasteiger partial charge in [0.15, 0.2) is 0 Å². The normalized spacial score (nSPS) is 11.9. The van der Waals surface area contributed by atoms with Crippen molar-refractivity contribution in [1.82, 2.24) is 0 Å². The first-order chi connectivity index (χ1) is 9.66. The van der Waals surface area contributed by atoms with E-state index in [1.807, 2.05) is 30.3 Å². The molecule has 0 aliphatic carbocycles. The van der Waals surface area contributed by atoms with Gasteiger partial charge in [-0.15, -0.1) is 11.8 Å². The number of rotatable bonds is 5. The summed E-state index contributed by atoms with van der Waals surface area (Å²) in [6.07, 6.45) is 0. The maximum absolute atomic E-state index is 13.4. The van der Waals surface area contributed by atoms with Crippen molar-refractivity contribution in [2.45, 2.75) is 12.2 Å². The Balaban J connectivity index is 1.85. The van der Waals surface area contributed by atoms with Gasteiger partial charge < -0.3 is 5.32 Å². The molecule has 0 heterocycles. The van der Waals surface area contributed by atoms with Gasteiger partial charge in [-0.1, -0.05) is 42.5 Å². The van der Waals surface area contributed by atoms with E-state index < -0.39 is 5.82 Å². The summed E-state index contributed by atoms with van der Waals surface area (Å²) in [6, 6.07) is 16.2. The number of carbonyl (C=O) groups excluding carboxylic acids is 1. The predicted molar refractivity (Wildman–Crippen MR) is 82.3 cm³/mol. The summed E-state index contributed by atoms with van der Waals surface area (Å²) < 4.78 is 13.4. The Morgan fingerprint density at radius 2 is 1.80 bits per heavy atom. The predicted octanol–water partition coefficient (Wildman–Crippen LogP) is 4.26. The zero-order valence-corrected chi connectivity index (χ0v) is 12.0. The minimum Gasteiger partial charge on any atom is -0.323 e. The number of benzene rings is 2. The molecule has 1 atom stereocenters. The average molecular weight is 289 g/mol. The molecule has 2 nitrogen and oxygen atoms in total. The Labute approximate surface area is 122 Å². The first-order valence-corrected chi connectivity index (χ1v) is 7.42. The largest absolute Gasteiger partial charge is 0.323 e. The van der Waals surface area contributed by atoms with Gasteiger partial charge in [-0.25, -0.2) is 4.39 Å². The highest BCUT2D eigenvalue weighted by Gasteiger charge is 2.10. The molecule has 1 N–H and O–H groups in total. The Hall–Kier alpha value is -1.81. The minimum absolute atomic E-state index is 0.192. The molecular weight excluding hydrogens is 273 g/mol. The van der Waals surface area contributed by atoms with Gasteiger partial charge in [0.2, 0.25) is 5.91 Å². The summed E-state index contributed by atoms with van der Waals surface area (Å²) in [5.41, 5.74) is 1.40. The Morgan fingerprint density at radius 3 is 2.50 bits per heavy atom. The van der Waals surface area contributed by atoms with Crippen molar-refractivity contribution in [2.24, 2.45) is 0 Å². The number of amides is 1. The molecule has 2 aromatic carbocycles. The zero-order valence-electron chi connectivity index (χ0n) is 11.2. The van der Waals surface area contributed by atoms with Crippen LogP contribution < -0.4 is 5.32 Å². The van der Waals surface area contributed by atoms with Crippen LogP contribution in [0.15, 0.2) is 54.6 Å². The van der Waals surface area contributed by atoms with Gasteiger partial charge in [-0.3, -0.25) is 4.79 Å². The topological polar surface area (TPSA) is 29.1 Å². The van der Waals surface area contributed by atoms with Crippen molar-refractivity contribution in [3.8, 4) is 0 Å². The van der Waals surface area contributed by atoms with Crippen LogP contribution >= 0.6 is 11.8 Å². The van der Waals surface area contributed by atoms with Crippen molar-refractivity contribution < 1.29 is 9.18 Å². The monoisotopic (exact) mass is 289 g/mol. The van der Waals surface area contributed by atoms with E-state index in [9.17, 15) is 9.18 Å². The maximum atomic E-state index is 13.4. The summed E-state index contributed by atoms with van der Waals surface area (Å²) in [7, 11) is 0. The number of carbonyl (C=O) groups is 1. The minimum atomic E-state index is -0.415. The van der Waals surface area contributed by atoms with E-state index in [1.54, 1.807) is 18.2 Å². The number of hydrogen-bond acceptors (Lipinski definition) is 2. The van der Waals surface area contributed by atoms with Crippen molar-refractivity contribution in [1.29, 1.82) is 0 Å². The quantitative estimate of drug-likeness (QED) is 0.891. The van der Waals surface area contributed by atoms with Crippen LogP contribution in [-0.4, -0.2) is 11.7 Å². The molecule has 1 amide bonds. The third-order valence-electron chi connectivity index (χ3n) is 2.88. The van der Waals surface area contributed by atoms with E-state index in [0.29, 0.717) is 5.75 Å². The van der Waals surface area contributed by atoms with Crippen molar-refractivity contribution in [3.05, 3.63) is 66.0 Å². The van der Waals surface area contributed by atoms with Gasteiger partial charge in [-0.2, -0.15) is 0 Å². The number of anilines is 1. The van der Waals surface area contributed by atoms with E-state index in [2.05, 4.69) is 12.2 Å².